The van der Waals surface area contributed by atoms with Crippen molar-refractivity contribution in [2.75, 3.05) is 24.6 Å². The molecule has 1 aliphatic rings. The lowest BCUT2D eigenvalue weighted by molar-refractivity contribution is -0.142. The molecule has 36 heavy (non-hydrogen) atoms. The molecule has 1 unspecified atom stereocenters. The largest absolute Gasteiger partial charge is 0.491 e. The molecule has 0 saturated carbocycles. The van der Waals surface area contributed by atoms with Crippen LogP contribution in [-0.4, -0.2) is 39.2 Å². The number of hydrogen-bond acceptors (Lipinski definition) is 5. The van der Waals surface area contributed by atoms with Gasteiger partial charge in [0.15, 0.2) is 11.3 Å². The van der Waals surface area contributed by atoms with Gasteiger partial charge in [-0.05, 0) is 36.6 Å². The summed E-state index contributed by atoms with van der Waals surface area (Å²) in [6.07, 6.45) is 0.113. The number of hydrogen-bond donors (Lipinski definition) is 0. The van der Waals surface area contributed by atoms with Crippen LogP contribution >= 0.6 is 0 Å². The van der Waals surface area contributed by atoms with E-state index in [-0.39, 0.29) is 18.3 Å². The molecule has 5 rings (SSSR count). The van der Waals surface area contributed by atoms with E-state index in [1.54, 1.807) is 6.20 Å². The molecule has 0 aliphatic carbocycles. The van der Waals surface area contributed by atoms with Crippen molar-refractivity contribution in [2.45, 2.75) is 32.9 Å². The van der Waals surface area contributed by atoms with E-state index in [0.717, 1.165) is 53.8 Å². The summed E-state index contributed by atoms with van der Waals surface area (Å²) in [4.78, 5) is 15.1. The third-order valence-corrected chi connectivity index (χ3v) is 6.15. The number of fused-ring (bicyclic) bond motifs is 1. The second-order valence-electron chi connectivity index (χ2n) is 8.50. The topological polar surface area (TPSA) is 56.1 Å². The molecule has 0 amide bonds. The summed E-state index contributed by atoms with van der Waals surface area (Å²) in [6, 6.07) is 14.9. The highest BCUT2D eigenvalue weighted by Crippen LogP contribution is 2.35. The number of ether oxygens (including phenoxy) is 1. The Labute approximate surface area is 208 Å². The van der Waals surface area contributed by atoms with Gasteiger partial charge in [0.1, 0.15) is 17.1 Å². The standard InChI is InChI=1S/C25H24F3N5O.C2H6/c1-32-20(18-8-3-2-4-9-18)13-19-24(32)31-22(14-30-19)33-12-6-7-17(15-33)16-34-21-10-5-11-29-23(21)25(26,27)28;1-2/h2-5,8-11,13-14,17H,6-7,12,15-16H2,1H3;1-2H3. The lowest BCUT2D eigenvalue weighted by Gasteiger charge is -2.33. The molecule has 0 bridgehead atoms. The SMILES string of the molecule is CC.Cn1c(-c2ccccc2)cc2ncc(N3CCCC(COc4cccnc4C(F)(F)F)C3)nc21. The van der Waals surface area contributed by atoms with Gasteiger partial charge in [-0.3, -0.25) is 0 Å². The minimum Gasteiger partial charge on any atom is -0.491 e. The van der Waals surface area contributed by atoms with Gasteiger partial charge in [-0.2, -0.15) is 13.2 Å². The molecule has 0 spiro atoms. The van der Waals surface area contributed by atoms with Crippen molar-refractivity contribution < 1.29 is 17.9 Å². The number of nitrogens with zero attached hydrogens (tertiary/aromatic N) is 5. The van der Waals surface area contributed by atoms with E-state index in [0.29, 0.717) is 6.54 Å². The minimum absolute atomic E-state index is 0.0702. The maximum absolute atomic E-state index is 13.2. The van der Waals surface area contributed by atoms with Crippen LogP contribution in [0.2, 0.25) is 0 Å². The smallest absolute Gasteiger partial charge is 0.437 e. The summed E-state index contributed by atoms with van der Waals surface area (Å²) in [5.74, 6) is 0.599. The molecule has 6 nitrogen and oxygen atoms in total. The fourth-order valence-electron chi connectivity index (χ4n) is 4.44. The van der Waals surface area contributed by atoms with Crippen molar-refractivity contribution in [3.05, 3.63) is 66.6 Å². The van der Waals surface area contributed by atoms with E-state index >= 15 is 0 Å². The van der Waals surface area contributed by atoms with Crippen LogP contribution in [-0.2, 0) is 13.2 Å². The van der Waals surface area contributed by atoms with Gasteiger partial charge in [-0.1, -0.05) is 44.2 Å². The Kier molecular flexibility index (Phi) is 7.76. The summed E-state index contributed by atoms with van der Waals surface area (Å²) >= 11 is 0. The fourth-order valence-corrected chi connectivity index (χ4v) is 4.44. The molecule has 1 atom stereocenters. The predicted molar refractivity (Wildman–Crippen MR) is 135 cm³/mol. The maximum atomic E-state index is 13.2. The molecule has 1 fully saturated rings. The van der Waals surface area contributed by atoms with E-state index in [2.05, 4.69) is 27.0 Å². The number of alkyl halides is 3. The second kappa shape index (κ2) is 11.0. The number of benzene rings is 1. The number of aryl methyl sites for hydroxylation is 1. The molecule has 4 heterocycles. The zero-order valence-corrected chi connectivity index (χ0v) is 20.7. The molecular formula is C27H30F3N5O. The van der Waals surface area contributed by atoms with Crippen LogP contribution in [0.4, 0.5) is 19.0 Å². The van der Waals surface area contributed by atoms with Crippen molar-refractivity contribution in [1.29, 1.82) is 0 Å². The molecule has 4 aromatic rings. The first-order valence-electron chi connectivity index (χ1n) is 12.2. The van der Waals surface area contributed by atoms with E-state index < -0.39 is 11.9 Å². The van der Waals surface area contributed by atoms with E-state index in [1.165, 1.54) is 12.1 Å². The number of pyridine rings is 1. The second-order valence-corrected chi connectivity index (χ2v) is 8.50. The number of anilines is 1. The number of piperidine rings is 1. The van der Waals surface area contributed by atoms with Crippen molar-refractivity contribution >= 4 is 17.0 Å². The number of aromatic nitrogens is 4. The molecule has 1 saturated heterocycles. The van der Waals surface area contributed by atoms with Crippen LogP contribution in [0.3, 0.4) is 0 Å². The van der Waals surface area contributed by atoms with Crippen molar-refractivity contribution in [1.82, 2.24) is 19.5 Å². The normalized spacial score (nSPS) is 15.9. The van der Waals surface area contributed by atoms with Crippen molar-refractivity contribution in [2.24, 2.45) is 13.0 Å². The highest BCUT2D eigenvalue weighted by molar-refractivity contribution is 5.81. The minimum atomic E-state index is -4.55. The molecule has 190 valence electrons. The molecule has 1 aromatic carbocycles. The summed E-state index contributed by atoms with van der Waals surface area (Å²) in [7, 11) is 1.97. The number of halogens is 3. The van der Waals surface area contributed by atoms with Gasteiger partial charge in [-0.15, -0.1) is 0 Å². The molecule has 9 heteroatoms. The summed E-state index contributed by atoms with van der Waals surface area (Å²) in [6.45, 7) is 5.63. The third-order valence-electron chi connectivity index (χ3n) is 6.15. The quantitative estimate of drug-likeness (QED) is 0.321. The molecular weight excluding hydrogens is 467 g/mol. The Morgan fingerprint density at radius 1 is 1.06 bits per heavy atom. The first-order chi connectivity index (χ1) is 17.4. The average Bonchev–Trinajstić information content (AvgIpc) is 3.24. The third kappa shape index (κ3) is 5.45. The maximum Gasteiger partial charge on any atom is 0.437 e. The van der Waals surface area contributed by atoms with Crippen LogP contribution in [0.1, 0.15) is 32.4 Å². The first-order valence-corrected chi connectivity index (χ1v) is 12.2. The molecule has 0 radical (unpaired) electrons. The predicted octanol–water partition coefficient (Wildman–Crippen LogP) is 6.37. The Hall–Kier alpha value is -3.62. The van der Waals surface area contributed by atoms with Gasteiger partial charge in [-0.25, -0.2) is 15.0 Å². The zero-order chi connectivity index (χ0) is 25.7. The Morgan fingerprint density at radius 3 is 2.58 bits per heavy atom. The van der Waals surface area contributed by atoms with Gasteiger partial charge in [0.25, 0.3) is 0 Å². The highest BCUT2D eigenvalue weighted by Gasteiger charge is 2.36. The number of rotatable bonds is 5. The van der Waals surface area contributed by atoms with Gasteiger partial charge < -0.3 is 14.2 Å². The Morgan fingerprint density at radius 2 is 1.83 bits per heavy atom. The van der Waals surface area contributed by atoms with Gasteiger partial charge in [0, 0.05) is 32.3 Å². The van der Waals surface area contributed by atoms with Crippen molar-refractivity contribution in [3.8, 4) is 17.0 Å². The molecule has 1 aliphatic heterocycles. The fraction of sp³-hybridized carbons (Fsp3) is 0.370. The molecule has 0 N–H and O–H groups in total. The zero-order valence-electron chi connectivity index (χ0n) is 20.7. The van der Waals surface area contributed by atoms with Crippen LogP contribution in [0.5, 0.6) is 5.75 Å². The van der Waals surface area contributed by atoms with Crippen LogP contribution in [0, 0.1) is 5.92 Å². The summed E-state index contributed by atoms with van der Waals surface area (Å²) in [5.41, 5.74) is 2.75. The highest BCUT2D eigenvalue weighted by atomic mass is 19.4. The van der Waals surface area contributed by atoms with E-state index in [1.807, 2.05) is 49.7 Å². The summed E-state index contributed by atoms with van der Waals surface area (Å²) < 4.78 is 47.2. The van der Waals surface area contributed by atoms with Gasteiger partial charge in [0.2, 0.25) is 0 Å². The Bertz CT molecular complexity index is 1290. The lowest BCUT2D eigenvalue weighted by Crippen LogP contribution is -2.38. The van der Waals surface area contributed by atoms with Crippen LogP contribution < -0.4 is 9.64 Å². The lowest BCUT2D eigenvalue weighted by atomic mass is 9.99. The van der Waals surface area contributed by atoms with E-state index in [9.17, 15) is 13.2 Å². The average molecular weight is 498 g/mol. The monoisotopic (exact) mass is 497 g/mol. The first kappa shape index (κ1) is 25.5. The Balaban J connectivity index is 0.00000148. The van der Waals surface area contributed by atoms with Crippen LogP contribution in [0.25, 0.3) is 22.4 Å². The van der Waals surface area contributed by atoms with Gasteiger partial charge >= 0.3 is 6.18 Å². The van der Waals surface area contributed by atoms with Gasteiger partial charge in [0.05, 0.1) is 18.5 Å². The van der Waals surface area contributed by atoms with E-state index in [4.69, 9.17) is 9.72 Å². The van der Waals surface area contributed by atoms with Crippen LogP contribution in [0.15, 0.2) is 60.9 Å². The van der Waals surface area contributed by atoms with Crippen molar-refractivity contribution in [3.63, 3.8) is 0 Å². The summed E-state index contributed by atoms with van der Waals surface area (Å²) in [5, 5.41) is 0. The molecule has 3 aromatic heterocycles.